The van der Waals surface area contributed by atoms with E-state index in [1.54, 1.807) is 18.4 Å². The molecule has 0 spiro atoms. The van der Waals surface area contributed by atoms with Crippen LogP contribution in [0.5, 0.6) is 0 Å². The summed E-state index contributed by atoms with van der Waals surface area (Å²) in [6, 6.07) is 2.18. The summed E-state index contributed by atoms with van der Waals surface area (Å²) in [6.07, 6.45) is 2.61. The van der Waals surface area contributed by atoms with Gasteiger partial charge in [0.25, 0.3) is 0 Å². The summed E-state index contributed by atoms with van der Waals surface area (Å²) in [7, 11) is 3.64. The molecule has 6 heteroatoms. The summed E-state index contributed by atoms with van der Waals surface area (Å²) in [6.45, 7) is 3.54. The number of rotatable bonds is 4. The first-order chi connectivity index (χ1) is 10.2. The largest absolute Gasteiger partial charge is 0.381 e. The van der Waals surface area contributed by atoms with E-state index >= 15 is 0 Å². The number of thiophene rings is 1. The zero-order valence-electron chi connectivity index (χ0n) is 12.7. The molecular weight excluding hydrogens is 286 g/mol. The Labute approximate surface area is 128 Å². The van der Waals surface area contributed by atoms with Crippen LogP contribution in [-0.4, -0.2) is 37.3 Å². The molecule has 0 bridgehead atoms. The predicted molar refractivity (Wildman–Crippen MR) is 85.1 cm³/mol. The Morgan fingerprint density at radius 3 is 2.76 bits per heavy atom. The smallest absolute Gasteiger partial charge is 0.164 e. The molecule has 3 heterocycles. The molecule has 0 atom stereocenters. The average Bonchev–Trinajstić information content (AvgIpc) is 2.97. The molecular formula is C15H21N3O2S. The maximum absolute atomic E-state index is 5.82. The molecule has 0 amide bonds. The number of nitrogens with zero attached hydrogens (tertiary/aromatic N) is 2. The van der Waals surface area contributed by atoms with E-state index in [0.29, 0.717) is 13.2 Å². The minimum absolute atomic E-state index is 0.422. The first-order valence-electron chi connectivity index (χ1n) is 7.34. The standard InChI is InChI=1S/C15H21N3O2S/c1-4-10-9-11-12(16-2)17-14(18-13(11)21-10)15(19-3)5-7-20-8-6-15/h9H,4-8H2,1-3H3,(H,16,17,18). The Balaban J connectivity index is 2.13. The zero-order valence-corrected chi connectivity index (χ0v) is 13.5. The predicted octanol–water partition coefficient (Wildman–Crippen LogP) is 2.95. The Kier molecular flexibility index (Phi) is 4.10. The van der Waals surface area contributed by atoms with E-state index in [-0.39, 0.29) is 0 Å². The molecule has 0 aliphatic carbocycles. The topological polar surface area (TPSA) is 56.3 Å². The van der Waals surface area contributed by atoms with Crippen LogP contribution >= 0.6 is 11.3 Å². The van der Waals surface area contributed by atoms with Crippen molar-refractivity contribution in [2.24, 2.45) is 0 Å². The van der Waals surface area contributed by atoms with Crippen LogP contribution in [0.15, 0.2) is 6.07 Å². The molecule has 2 aromatic heterocycles. The van der Waals surface area contributed by atoms with E-state index in [4.69, 9.17) is 19.4 Å². The Morgan fingerprint density at radius 1 is 1.38 bits per heavy atom. The monoisotopic (exact) mass is 307 g/mol. The molecule has 5 nitrogen and oxygen atoms in total. The van der Waals surface area contributed by atoms with Crippen LogP contribution in [0.3, 0.4) is 0 Å². The molecule has 1 saturated heterocycles. The molecule has 21 heavy (non-hydrogen) atoms. The number of hydrogen-bond donors (Lipinski definition) is 1. The molecule has 1 fully saturated rings. The number of aromatic nitrogens is 2. The van der Waals surface area contributed by atoms with Gasteiger partial charge >= 0.3 is 0 Å². The van der Waals surface area contributed by atoms with Gasteiger partial charge in [0.1, 0.15) is 16.2 Å². The van der Waals surface area contributed by atoms with Crippen molar-refractivity contribution in [1.29, 1.82) is 0 Å². The number of hydrogen-bond acceptors (Lipinski definition) is 6. The van der Waals surface area contributed by atoms with Gasteiger partial charge in [0.2, 0.25) is 0 Å². The minimum Gasteiger partial charge on any atom is -0.381 e. The highest BCUT2D eigenvalue weighted by Crippen LogP contribution is 2.37. The first kappa shape index (κ1) is 14.7. The van der Waals surface area contributed by atoms with Gasteiger partial charge in [-0.3, -0.25) is 0 Å². The maximum atomic E-state index is 5.82. The van der Waals surface area contributed by atoms with Crippen LogP contribution in [0, 0.1) is 0 Å². The quantitative estimate of drug-likeness (QED) is 0.941. The van der Waals surface area contributed by atoms with E-state index in [0.717, 1.165) is 41.1 Å². The highest BCUT2D eigenvalue weighted by atomic mass is 32.1. The molecule has 0 unspecified atom stereocenters. The van der Waals surface area contributed by atoms with E-state index in [1.165, 1.54) is 4.88 Å². The molecule has 0 aromatic carbocycles. The van der Waals surface area contributed by atoms with Gasteiger partial charge in [0, 0.05) is 45.1 Å². The summed E-state index contributed by atoms with van der Waals surface area (Å²) < 4.78 is 11.3. The maximum Gasteiger partial charge on any atom is 0.164 e. The van der Waals surface area contributed by atoms with Crippen molar-refractivity contribution in [1.82, 2.24) is 9.97 Å². The number of fused-ring (bicyclic) bond motifs is 1. The summed E-state index contributed by atoms with van der Waals surface area (Å²) in [5, 5.41) is 4.30. The Morgan fingerprint density at radius 2 is 2.14 bits per heavy atom. The van der Waals surface area contributed by atoms with Crippen molar-refractivity contribution < 1.29 is 9.47 Å². The van der Waals surface area contributed by atoms with Gasteiger partial charge in [0.15, 0.2) is 5.82 Å². The van der Waals surface area contributed by atoms with Crippen LogP contribution in [0.2, 0.25) is 0 Å². The fraction of sp³-hybridized carbons (Fsp3) is 0.600. The van der Waals surface area contributed by atoms with Crippen LogP contribution in [-0.2, 0) is 21.5 Å². The lowest BCUT2D eigenvalue weighted by Gasteiger charge is -2.34. The number of aryl methyl sites for hydroxylation is 1. The molecule has 1 N–H and O–H groups in total. The molecule has 1 aliphatic rings. The van der Waals surface area contributed by atoms with Crippen LogP contribution in [0.1, 0.15) is 30.5 Å². The SMILES string of the molecule is CCc1cc2c(NC)nc(C3(OC)CCOCC3)nc2s1. The molecule has 3 rings (SSSR count). The second-order valence-corrected chi connectivity index (χ2v) is 6.36. The number of nitrogens with one attached hydrogen (secondary N) is 1. The lowest BCUT2D eigenvalue weighted by Crippen LogP contribution is -2.37. The highest BCUT2D eigenvalue weighted by Gasteiger charge is 2.38. The zero-order chi connectivity index (χ0) is 14.9. The van der Waals surface area contributed by atoms with Gasteiger partial charge in [-0.2, -0.15) is 0 Å². The fourth-order valence-corrected chi connectivity index (χ4v) is 3.73. The molecule has 0 saturated carbocycles. The third kappa shape index (κ3) is 2.52. The van der Waals surface area contributed by atoms with E-state index < -0.39 is 5.60 Å². The van der Waals surface area contributed by atoms with Crippen molar-refractivity contribution in [2.75, 3.05) is 32.7 Å². The van der Waals surface area contributed by atoms with E-state index in [2.05, 4.69) is 18.3 Å². The second kappa shape index (κ2) is 5.87. The van der Waals surface area contributed by atoms with Crippen molar-refractivity contribution >= 4 is 27.4 Å². The molecule has 2 aromatic rings. The molecule has 114 valence electrons. The normalized spacial score (nSPS) is 18.0. The summed E-state index contributed by atoms with van der Waals surface area (Å²) in [4.78, 5) is 11.9. The van der Waals surface area contributed by atoms with Crippen LogP contribution < -0.4 is 5.32 Å². The Bertz CT molecular complexity index is 635. The van der Waals surface area contributed by atoms with Gasteiger partial charge in [0.05, 0.1) is 5.39 Å². The summed E-state index contributed by atoms with van der Waals surface area (Å²) in [5.41, 5.74) is -0.422. The van der Waals surface area contributed by atoms with Gasteiger partial charge in [-0.1, -0.05) is 6.92 Å². The van der Waals surface area contributed by atoms with Crippen molar-refractivity contribution in [3.8, 4) is 0 Å². The van der Waals surface area contributed by atoms with Crippen molar-refractivity contribution in [3.63, 3.8) is 0 Å². The summed E-state index contributed by atoms with van der Waals surface area (Å²) >= 11 is 1.74. The Hall–Kier alpha value is -1.24. The average molecular weight is 307 g/mol. The second-order valence-electron chi connectivity index (χ2n) is 5.24. The third-order valence-electron chi connectivity index (χ3n) is 4.13. The van der Waals surface area contributed by atoms with Crippen molar-refractivity contribution in [2.45, 2.75) is 31.8 Å². The molecule has 0 radical (unpaired) electrons. The van der Waals surface area contributed by atoms with E-state index in [9.17, 15) is 0 Å². The van der Waals surface area contributed by atoms with Gasteiger partial charge in [-0.15, -0.1) is 11.3 Å². The van der Waals surface area contributed by atoms with Crippen molar-refractivity contribution in [3.05, 3.63) is 16.8 Å². The summed E-state index contributed by atoms with van der Waals surface area (Å²) in [5.74, 6) is 1.66. The van der Waals surface area contributed by atoms with Crippen LogP contribution in [0.4, 0.5) is 5.82 Å². The minimum atomic E-state index is -0.422. The van der Waals surface area contributed by atoms with Gasteiger partial charge in [-0.05, 0) is 12.5 Å². The van der Waals surface area contributed by atoms with Gasteiger partial charge in [-0.25, -0.2) is 9.97 Å². The number of methoxy groups -OCH3 is 1. The third-order valence-corrected chi connectivity index (χ3v) is 5.30. The fourth-order valence-electron chi connectivity index (χ4n) is 2.76. The molecule has 1 aliphatic heterocycles. The lowest BCUT2D eigenvalue weighted by molar-refractivity contribution is -0.0997. The number of anilines is 1. The highest BCUT2D eigenvalue weighted by molar-refractivity contribution is 7.18. The lowest BCUT2D eigenvalue weighted by atomic mass is 9.93. The number of ether oxygens (including phenoxy) is 2. The first-order valence-corrected chi connectivity index (χ1v) is 8.15. The van der Waals surface area contributed by atoms with Gasteiger partial charge < -0.3 is 14.8 Å². The van der Waals surface area contributed by atoms with E-state index in [1.807, 2.05) is 7.05 Å². The van der Waals surface area contributed by atoms with Crippen LogP contribution in [0.25, 0.3) is 10.2 Å².